The fraction of sp³-hybridized carbons (Fsp3) is 1.00. The summed E-state index contributed by atoms with van der Waals surface area (Å²) in [6, 6.07) is 0. The molecule has 3 fully saturated rings. The van der Waals surface area contributed by atoms with Crippen LogP contribution in [-0.2, 0) is 0 Å². The van der Waals surface area contributed by atoms with Crippen molar-refractivity contribution >= 4 is 0 Å². The van der Waals surface area contributed by atoms with Gasteiger partial charge in [0.25, 0.3) is 0 Å². The summed E-state index contributed by atoms with van der Waals surface area (Å²) in [5.74, 6) is 3.15. The third-order valence-corrected chi connectivity index (χ3v) is 5.45. The molecule has 86 valence electrons. The second kappa shape index (κ2) is 3.48. The molecule has 5 unspecified atom stereocenters. The maximum Gasteiger partial charge on any atom is 0.0545 e. The fourth-order valence-electron chi connectivity index (χ4n) is 4.73. The van der Waals surface area contributed by atoms with Gasteiger partial charge in [0.2, 0.25) is 0 Å². The van der Waals surface area contributed by atoms with Gasteiger partial charge < -0.3 is 5.11 Å². The molecule has 1 heteroatoms. The average Bonchev–Trinajstić information content (AvgIpc) is 2.82. The number of hydrogen-bond acceptors (Lipinski definition) is 1. The largest absolute Gasteiger partial charge is 0.393 e. The minimum absolute atomic E-state index is 0.00795. The van der Waals surface area contributed by atoms with Crippen LogP contribution in [0.1, 0.15) is 58.3 Å². The quantitative estimate of drug-likeness (QED) is 0.737. The van der Waals surface area contributed by atoms with Gasteiger partial charge in [-0.3, -0.25) is 0 Å². The molecule has 0 aromatic rings. The summed E-state index contributed by atoms with van der Waals surface area (Å²) in [5.41, 5.74) is 0.481. The van der Waals surface area contributed by atoms with E-state index in [0.29, 0.717) is 5.41 Å². The molecular weight excluding hydrogens is 184 g/mol. The SMILES string of the molecule is CC1(CC2CC3CCC2C3)CCC(O)C1. The zero-order valence-corrected chi connectivity index (χ0v) is 9.91. The van der Waals surface area contributed by atoms with E-state index < -0.39 is 0 Å². The highest BCUT2D eigenvalue weighted by molar-refractivity contribution is 4.95. The van der Waals surface area contributed by atoms with Crippen molar-refractivity contribution in [2.24, 2.45) is 23.2 Å². The lowest BCUT2D eigenvalue weighted by atomic mass is 9.74. The first-order valence-electron chi connectivity index (χ1n) is 6.83. The summed E-state index contributed by atoms with van der Waals surface area (Å²) >= 11 is 0. The van der Waals surface area contributed by atoms with Crippen LogP contribution in [0.5, 0.6) is 0 Å². The number of rotatable bonds is 2. The lowest BCUT2D eigenvalue weighted by Crippen LogP contribution is -2.22. The van der Waals surface area contributed by atoms with Gasteiger partial charge in [0.05, 0.1) is 6.10 Å². The summed E-state index contributed by atoms with van der Waals surface area (Å²) in [6.07, 6.45) is 10.9. The summed E-state index contributed by atoms with van der Waals surface area (Å²) in [5, 5.41) is 9.67. The van der Waals surface area contributed by atoms with Crippen molar-refractivity contribution in [3.05, 3.63) is 0 Å². The molecule has 1 nitrogen and oxygen atoms in total. The number of hydrogen-bond donors (Lipinski definition) is 1. The second-order valence-corrected chi connectivity index (χ2v) is 6.85. The Morgan fingerprint density at radius 3 is 2.60 bits per heavy atom. The van der Waals surface area contributed by atoms with Crippen molar-refractivity contribution in [2.45, 2.75) is 64.4 Å². The van der Waals surface area contributed by atoms with Gasteiger partial charge in [0.1, 0.15) is 0 Å². The predicted octanol–water partition coefficient (Wildman–Crippen LogP) is 3.36. The Labute approximate surface area is 93.3 Å². The van der Waals surface area contributed by atoms with Crippen LogP contribution in [0, 0.1) is 23.2 Å². The maximum absolute atomic E-state index is 9.67. The van der Waals surface area contributed by atoms with Crippen molar-refractivity contribution < 1.29 is 5.11 Å². The van der Waals surface area contributed by atoms with E-state index in [2.05, 4.69) is 6.92 Å². The summed E-state index contributed by atoms with van der Waals surface area (Å²) in [7, 11) is 0. The summed E-state index contributed by atoms with van der Waals surface area (Å²) in [6.45, 7) is 2.41. The molecule has 0 heterocycles. The predicted molar refractivity (Wildman–Crippen MR) is 61.5 cm³/mol. The first kappa shape index (κ1) is 10.1. The van der Waals surface area contributed by atoms with Crippen molar-refractivity contribution in [1.29, 1.82) is 0 Å². The number of fused-ring (bicyclic) bond motifs is 2. The molecule has 3 saturated carbocycles. The molecule has 3 aliphatic rings. The Hall–Kier alpha value is -0.0400. The Morgan fingerprint density at radius 1 is 1.20 bits per heavy atom. The van der Waals surface area contributed by atoms with Crippen LogP contribution in [0.4, 0.5) is 0 Å². The standard InChI is InChI=1S/C14H24O/c1-14(5-4-13(15)9-14)8-12-7-10-2-3-11(12)6-10/h10-13,15H,2-9H2,1H3. The molecule has 3 aliphatic carbocycles. The van der Waals surface area contributed by atoms with E-state index in [0.717, 1.165) is 30.6 Å². The van der Waals surface area contributed by atoms with Gasteiger partial charge >= 0.3 is 0 Å². The van der Waals surface area contributed by atoms with Crippen LogP contribution in [0.25, 0.3) is 0 Å². The topological polar surface area (TPSA) is 20.2 Å². The minimum Gasteiger partial charge on any atom is -0.393 e. The summed E-state index contributed by atoms with van der Waals surface area (Å²) < 4.78 is 0. The zero-order chi connectivity index (χ0) is 10.5. The maximum atomic E-state index is 9.67. The molecule has 0 aliphatic heterocycles. The highest BCUT2D eigenvalue weighted by Gasteiger charge is 2.44. The van der Waals surface area contributed by atoms with Crippen LogP contribution in [-0.4, -0.2) is 11.2 Å². The molecule has 3 rings (SSSR count). The lowest BCUT2D eigenvalue weighted by molar-refractivity contribution is 0.141. The van der Waals surface area contributed by atoms with Crippen molar-refractivity contribution in [3.63, 3.8) is 0 Å². The first-order chi connectivity index (χ1) is 7.15. The van der Waals surface area contributed by atoms with E-state index in [4.69, 9.17) is 0 Å². The molecule has 1 N–H and O–H groups in total. The van der Waals surface area contributed by atoms with Crippen LogP contribution in [0.3, 0.4) is 0 Å². The number of aliphatic hydroxyl groups is 1. The Kier molecular flexibility index (Phi) is 2.35. The van der Waals surface area contributed by atoms with Gasteiger partial charge in [0.15, 0.2) is 0 Å². The Morgan fingerprint density at radius 2 is 2.07 bits per heavy atom. The molecule has 0 aromatic carbocycles. The van der Waals surface area contributed by atoms with E-state index in [1.165, 1.54) is 38.5 Å². The molecule has 0 spiro atoms. The van der Waals surface area contributed by atoms with E-state index in [-0.39, 0.29) is 6.10 Å². The highest BCUT2D eigenvalue weighted by Crippen LogP contribution is 2.54. The van der Waals surface area contributed by atoms with Crippen molar-refractivity contribution in [2.75, 3.05) is 0 Å². The molecule has 0 saturated heterocycles. The molecular formula is C14H24O. The third-order valence-electron chi connectivity index (χ3n) is 5.45. The van der Waals surface area contributed by atoms with E-state index >= 15 is 0 Å². The third kappa shape index (κ3) is 1.84. The Bertz CT molecular complexity index is 250. The van der Waals surface area contributed by atoms with Crippen molar-refractivity contribution in [3.8, 4) is 0 Å². The Balaban J connectivity index is 1.61. The number of aliphatic hydroxyl groups excluding tert-OH is 1. The first-order valence-corrected chi connectivity index (χ1v) is 6.83. The van der Waals surface area contributed by atoms with Crippen LogP contribution in [0.15, 0.2) is 0 Å². The second-order valence-electron chi connectivity index (χ2n) is 6.85. The van der Waals surface area contributed by atoms with E-state index in [1.54, 1.807) is 0 Å². The molecule has 0 aromatic heterocycles. The molecule has 0 radical (unpaired) electrons. The lowest BCUT2D eigenvalue weighted by Gasteiger charge is -2.31. The smallest absolute Gasteiger partial charge is 0.0545 e. The van der Waals surface area contributed by atoms with Gasteiger partial charge in [0, 0.05) is 0 Å². The van der Waals surface area contributed by atoms with Gasteiger partial charge in [-0.05, 0) is 68.1 Å². The van der Waals surface area contributed by atoms with Gasteiger partial charge in [-0.1, -0.05) is 13.3 Å². The van der Waals surface area contributed by atoms with E-state index in [1.807, 2.05) is 0 Å². The van der Waals surface area contributed by atoms with E-state index in [9.17, 15) is 5.11 Å². The average molecular weight is 208 g/mol. The van der Waals surface area contributed by atoms with Crippen LogP contribution in [0.2, 0.25) is 0 Å². The molecule has 15 heavy (non-hydrogen) atoms. The highest BCUT2D eigenvalue weighted by atomic mass is 16.3. The zero-order valence-electron chi connectivity index (χ0n) is 9.91. The minimum atomic E-state index is 0.00795. The molecule has 0 amide bonds. The summed E-state index contributed by atoms with van der Waals surface area (Å²) in [4.78, 5) is 0. The van der Waals surface area contributed by atoms with Gasteiger partial charge in [-0.25, -0.2) is 0 Å². The molecule has 5 atom stereocenters. The fourth-order valence-corrected chi connectivity index (χ4v) is 4.73. The molecule has 2 bridgehead atoms. The van der Waals surface area contributed by atoms with Gasteiger partial charge in [-0.2, -0.15) is 0 Å². The van der Waals surface area contributed by atoms with Crippen LogP contribution < -0.4 is 0 Å². The van der Waals surface area contributed by atoms with Gasteiger partial charge in [-0.15, -0.1) is 0 Å². The van der Waals surface area contributed by atoms with Crippen molar-refractivity contribution in [1.82, 2.24) is 0 Å². The van der Waals surface area contributed by atoms with Crippen LogP contribution >= 0.6 is 0 Å². The monoisotopic (exact) mass is 208 g/mol. The normalized spacial score (nSPS) is 54.0.